The molecule has 2 aliphatic rings. The van der Waals surface area contributed by atoms with E-state index in [0.717, 1.165) is 5.56 Å². The maximum Gasteiger partial charge on any atom is 0.410 e. The second-order valence-electron chi connectivity index (χ2n) is 12.5. The molecular weight excluding hydrogens is 695 g/mol. The Hall–Kier alpha value is -4.05. The van der Waals surface area contributed by atoms with Gasteiger partial charge >= 0.3 is 6.09 Å². The molecule has 1 saturated heterocycles. The summed E-state index contributed by atoms with van der Waals surface area (Å²) in [6.07, 6.45) is -0.508. The maximum absolute atomic E-state index is 13.8. The van der Waals surface area contributed by atoms with Crippen LogP contribution in [0.4, 0.5) is 9.18 Å². The molecule has 16 heteroatoms. The van der Waals surface area contributed by atoms with Crippen molar-refractivity contribution in [2.75, 3.05) is 45.0 Å². The number of carbonyl (C=O) groups excluding carboxylic acids is 1. The lowest BCUT2D eigenvalue weighted by atomic mass is 9.91. The van der Waals surface area contributed by atoms with Gasteiger partial charge in [-0.1, -0.05) is 54.1 Å². The minimum Gasteiger partial charge on any atom is -0.444 e. The number of piperazine rings is 1. The third kappa shape index (κ3) is 9.35. The van der Waals surface area contributed by atoms with E-state index in [-0.39, 0.29) is 56.0 Å². The van der Waals surface area contributed by atoms with E-state index in [9.17, 15) is 26.0 Å². The molecule has 1 N–H and O–H groups in total. The molecule has 12 nitrogen and oxygen atoms in total. The summed E-state index contributed by atoms with van der Waals surface area (Å²) in [5.41, 5.74) is 1.40. The lowest BCUT2D eigenvalue weighted by Crippen LogP contribution is -2.52. The summed E-state index contributed by atoms with van der Waals surface area (Å²) in [6.45, 7) is 5.64. The number of hydrogen-bond acceptors (Lipinski definition) is 8. The van der Waals surface area contributed by atoms with E-state index in [1.54, 1.807) is 32.9 Å². The molecule has 1 amide bonds. The van der Waals surface area contributed by atoms with Crippen molar-refractivity contribution in [2.24, 2.45) is 10.1 Å². The van der Waals surface area contributed by atoms with Gasteiger partial charge in [-0.25, -0.2) is 40.7 Å². The Bertz CT molecular complexity index is 1910. The third-order valence-electron chi connectivity index (χ3n) is 7.74. The average Bonchev–Trinajstić information content (AvgIpc) is 3.50. The highest BCUT2D eigenvalue weighted by Crippen LogP contribution is 2.29. The molecule has 0 aromatic heterocycles. The predicted molar refractivity (Wildman–Crippen MR) is 186 cm³/mol. The van der Waals surface area contributed by atoms with Crippen molar-refractivity contribution in [2.45, 2.75) is 37.2 Å². The highest BCUT2D eigenvalue weighted by atomic mass is 35.5. The number of guanidine groups is 1. The molecule has 5 rings (SSSR count). The van der Waals surface area contributed by atoms with Gasteiger partial charge in [-0.3, -0.25) is 0 Å². The molecule has 3 aromatic carbocycles. The fourth-order valence-corrected chi connectivity index (χ4v) is 7.74. The van der Waals surface area contributed by atoms with E-state index in [1.165, 1.54) is 50.6 Å². The first-order valence-electron chi connectivity index (χ1n) is 15.6. The largest absolute Gasteiger partial charge is 0.444 e. The predicted octanol–water partition coefficient (Wildman–Crippen LogP) is 4.50. The maximum atomic E-state index is 13.8. The van der Waals surface area contributed by atoms with Gasteiger partial charge in [0.1, 0.15) is 11.4 Å². The molecule has 1 fully saturated rings. The fourth-order valence-electron chi connectivity index (χ4n) is 5.29. The molecule has 0 saturated carbocycles. The summed E-state index contributed by atoms with van der Waals surface area (Å²) in [6, 6.07) is 20.8. The zero-order chi connectivity index (χ0) is 35.4. The number of benzene rings is 3. The molecule has 0 radical (unpaired) electrons. The molecule has 1 atom stereocenters. The lowest BCUT2D eigenvalue weighted by Gasteiger charge is -2.34. The monoisotopic (exact) mass is 732 g/mol. The van der Waals surface area contributed by atoms with Gasteiger partial charge in [0.25, 0.3) is 10.0 Å². The van der Waals surface area contributed by atoms with Gasteiger partial charge in [0.05, 0.1) is 29.4 Å². The summed E-state index contributed by atoms with van der Waals surface area (Å²) >= 11 is 5.98. The van der Waals surface area contributed by atoms with Gasteiger partial charge in [0.2, 0.25) is 16.0 Å². The molecule has 0 spiro atoms. The molecule has 3 aromatic rings. The Kier molecular flexibility index (Phi) is 11.0. The Labute approximate surface area is 291 Å². The van der Waals surface area contributed by atoms with Gasteiger partial charge in [0.15, 0.2) is 0 Å². The third-order valence-corrected chi connectivity index (χ3v) is 11.2. The van der Waals surface area contributed by atoms with E-state index in [2.05, 4.69) is 9.71 Å². The zero-order valence-corrected chi connectivity index (χ0v) is 29.7. The fraction of sp³-hybridized carbons (Fsp3) is 0.364. The molecule has 262 valence electrons. The SMILES string of the molecule is CC(C)(C)OC(=O)N1CCN(S(=O)(=O)CCN=C(NS(=O)(=O)c2ccc(Cl)cc2)N2CC(c3ccccc3)C(c3ccc(F)cc3)=N2)CC1. The summed E-state index contributed by atoms with van der Waals surface area (Å²) in [5, 5.41) is 6.47. The Morgan fingerprint density at radius 2 is 1.59 bits per heavy atom. The Balaban J connectivity index is 1.39. The summed E-state index contributed by atoms with van der Waals surface area (Å²) in [4.78, 5) is 18.3. The topological polar surface area (TPSA) is 141 Å². The van der Waals surface area contributed by atoms with Crippen LogP contribution >= 0.6 is 11.6 Å². The smallest absolute Gasteiger partial charge is 0.410 e. The molecule has 0 aliphatic carbocycles. The number of halogens is 2. The van der Waals surface area contributed by atoms with Crippen molar-refractivity contribution in [3.8, 4) is 0 Å². The van der Waals surface area contributed by atoms with Crippen LogP contribution in [0.1, 0.15) is 37.8 Å². The van der Waals surface area contributed by atoms with Gasteiger partial charge in [0, 0.05) is 37.1 Å². The van der Waals surface area contributed by atoms with Crippen molar-refractivity contribution >= 4 is 49.4 Å². The first-order chi connectivity index (χ1) is 23.1. The van der Waals surface area contributed by atoms with E-state index < -0.39 is 43.3 Å². The number of ether oxygens (including phenoxy) is 1. The minimum absolute atomic E-state index is 0.0809. The van der Waals surface area contributed by atoms with Gasteiger partial charge in [-0.2, -0.15) is 9.41 Å². The zero-order valence-electron chi connectivity index (χ0n) is 27.3. The van der Waals surface area contributed by atoms with Crippen LogP contribution in [0, 0.1) is 5.82 Å². The number of amides is 1. The highest BCUT2D eigenvalue weighted by Gasteiger charge is 2.34. The molecule has 0 bridgehead atoms. The number of rotatable bonds is 8. The Morgan fingerprint density at radius 3 is 2.20 bits per heavy atom. The number of carbonyl (C=O) groups is 1. The van der Waals surface area contributed by atoms with Crippen molar-refractivity contribution in [1.82, 2.24) is 18.9 Å². The molecule has 1 unspecified atom stereocenters. The van der Waals surface area contributed by atoms with Gasteiger partial charge < -0.3 is 9.64 Å². The second kappa shape index (κ2) is 14.8. The lowest BCUT2D eigenvalue weighted by molar-refractivity contribution is 0.0192. The van der Waals surface area contributed by atoms with Crippen LogP contribution in [0.25, 0.3) is 0 Å². The molecule has 2 heterocycles. The van der Waals surface area contributed by atoms with E-state index in [1.807, 2.05) is 30.3 Å². The van der Waals surface area contributed by atoms with Crippen molar-refractivity contribution in [3.63, 3.8) is 0 Å². The number of aliphatic imine (C=N–C) groups is 1. The number of hydrazone groups is 1. The van der Waals surface area contributed by atoms with E-state index in [0.29, 0.717) is 16.3 Å². The minimum atomic E-state index is -4.21. The van der Waals surface area contributed by atoms with Crippen molar-refractivity contribution in [1.29, 1.82) is 0 Å². The first-order valence-corrected chi connectivity index (χ1v) is 19.0. The van der Waals surface area contributed by atoms with E-state index in [4.69, 9.17) is 21.4 Å². The average molecular weight is 733 g/mol. The summed E-state index contributed by atoms with van der Waals surface area (Å²) < 4.78 is 76.7. The summed E-state index contributed by atoms with van der Waals surface area (Å²) in [5.74, 6) is -1.36. The standard InChI is InChI=1S/C33H38ClFN6O6S2/c1-33(2,3)47-32(42)39-18-20-40(21-19-39)48(43,44)22-17-36-31(38-49(45,46)28-15-11-26(34)12-16-28)41-23-29(24-7-5-4-6-8-24)30(37-41)25-9-13-27(35)14-10-25/h4-16,29H,17-23H2,1-3H3,(H,36,38). The highest BCUT2D eigenvalue weighted by molar-refractivity contribution is 7.90. The molecule has 49 heavy (non-hydrogen) atoms. The van der Waals surface area contributed by atoms with Gasteiger partial charge in [-0.15, -0.1) is 0 Å². The molecular formula is C33H38ClFN6O6S2. The van der Waals surface area contributed by atoms with Gasteiger partial charge in [-0.05, 0) is 68.3 Å². The van der Waals surface area contributed by atoms with Crippen LogP contribution in [0.15, 0.2) is 93.9 Å². The Morgan fingerprint density at radius 1 is 0.959 bits per heavy atom. The van der Waals surface area contributed by atoms with Crippen LogP contribution in [-0.2, 0) is 24.8 Å². The van der Waals surface area contributed by atoms with Crippen molar-refractivity contribution in [3.05, 3.63) is 101 Å². The molecule has 2 aliphatic heterocycles. The number of nitrogens with zero attached hydrogens (tertiary/aromatic N) is 5. The number of sulfonamides is 2. The normalized spacial score (nSPS) is 17.9. The number of nitrogens with one attached hydrogen (secondary N) is 1. The summed E-state index contributed by atoms with van der Waals surface area (Å²) in [7, 11) is -8.04. The first kappa shape index (κ1) is 36.2. The van der Waals surface area contributed by atoms with E-state index >= 15 is 0 Å². The second-order valence-corrected chi connectivity index (χ2v) is 16.7. The van der Waals surface area contributed by atoms with Crippen LogP contribution in [0.5, 0.6) is 0 Å². The van der Waals surface area contributed by atoms with Crippen LogP contribution in [0.2, 0.25) is 5.02 Å². The number of hydrogen-bond donors (Lipinski definition) is 1. The van der Waals surface area contributed by atoms with Crippen LogP contribution in [-0.4, -0.2) is 99.4 Å². The van der Waals surface area contributed by atoms with Crippen LogP contribution in [0.3, 0.4) is 0 Å². The van der Waals surface area contributed by atoms with Crippen LogP contribution < -0.4 is 4.72 Å². The quantitative estimate of drug-likeness (QED) is 0.266. The van der Waals surface area contributed by atoms with Crippen molar-refractivity contribution < 1.29 is 30.8 Å².